The Labute approximate surface area is 117 Å². The Morgan fingerprint density at radius 3 is 2.68 bits per heavy atom. The molecule has 0 aliphatic carbocycles. The van der Waals surface area contributed by atoms with Gasteiger partial charge in [-0.05, 0) is 58.1 Å². The highest BCUT2D eigenvalue weighted by Crippen LogP contribution is 2.37. The predicted molar refractivity (Wildman–Crippen MR) is 80.3 cm³/mol. The van der Waals surface area contributed by atoms with E-state index in [4.69, 9.17) is 5.26 Å². The second-order valence-electron chi connectivity index (χ2n) is 6.48. The first-order valence-corrected chi connectivity index (χ1v) is 7.16. The van der Waals surface area contributed by atoms with Crippen LogP contribution in [0.15, 0.2) is 18.2 Å². The van der Waals surface area contributed by atoms with Crippen molar-refractivity contribution in [1.29, 1.82) is 5.26 Å². The lowest BCUT2D eigenvalue weighted by molar-refractivity contribution is 0.276. The molecule has 2 nitrogen and oxygen atoms in total. The number of benzene rings is 1. The summed E-state index contributed by atoms with van der Waals surface area (Å²) in [5.74, 6) is 0.557. The van der Waals surface area contributed by atoms with Crippen LogP contribution in [-0.2, 0) is 0 Å². The van der Waals surface area contributed by atoms with Gasteiger partial charge in [0, 0.05) is 24.2 Å². The van der Waals surface area contributed by atoms with E-state index in [1.807, 2.05) is 0 Å². The maximum atomic E-state index is 8.88. The lowest BCUT2D eigenvalue weighted by atomic mass is 9.80. The SMILES string of the molecule is Cc1ccc(N2CCC(CC#N)CC2(C)C)c(C)c1. The molecule has 1 aromatic rings. The number of nitriles is 1. The van der Waals surface area contributed by atoms with Crippen LogP contribution < -0.4 is 4.90 Å². The van der Waals surface area contributed by atoms with Crippen molar-refractivity contribution in [2.45, 2.75) is 52.5 Å². The molecule has 0 amide bonds. The smallest absolute Gasteiger partial charge is 0.0624 e. The van der Waals surface area contributed by atoms with Gasteiger partial charge in [-0.2, -0.15) is 5.26 Å². The number of hydrogen-bond acceptors (Lipinski definition) is 2. The highest BCUT2D eigenvalue weighted by molar-refractivity contribution is 5.56. The molecule has 0 spiro atoms. The summed E-state index contributed by atoms with van der Waals surface area (Å²) in [5.41, 5.74) is 4.16. The zero-order chi connectivity index (χ0) is 14.0. The summed E-state index contributed by atoms with van der Waals surface area (Å²) in [6, 6.07) is 9.03. The van der Waals surface area contributed by atoms with E-state index >= 15 is 0 Å². The number of anilines is 1. The Balaban J connectivity index is 2.24. The molecule has 1 heterocycles. The molecule has 0 aromatic heterocycles. The van der Waals surface area contributed by atoms with E-state index in [9.17, 15) is 0 Å². The molecular formula is C17H24N2. The second kappa shape index (κ2) is 5.25. The molecule has 0 saturated carbocycles. The van der Waals surface area contributed by atoms with Gasteiger partial charge in [0.2, 0.25) is 0 Å². The van der Waals surface area contributed by atoms with Crippen LogP contribution in [0.2, 0.25) is 0 Å². The summed E-state index contributed by atoms with van der Waals surface area (Å²) in [6.07, 6.45) is 2.93. The maximum Gasteiger partial charge on any atom is 0.0624 e. The van der Waals surface area contributed by atoms with Crippen LogP contribution in [0.4, 0.5) is 5.69 Å². The van der Waals surface area contributed by atoms with Crippen LogP contribution in [0.3, 0.4) is 0 Å². The topological polar surface area (TPSA) is 27.0 Å². The molecule has 0 radical (unpaired) electrons. The quantitative estimate of drug-likeness (QED) is 0.792. The molecule has 0 bridgehead atoms. The van der Waals surface area contributed by atoms with Crippen molar-refractivity contribution in [3.05, 3.63) is 29.3 Å². The van der Waals surface area contributed by atoms with Crippen LogP contribution in [0.1, 0.15) is 44.2 Å². The van der Waals surface area contributed by atoms with Gasteiger partial charge in [-0.3, -0.25) is 0 Å². The van der Waals surface area contributed by atoms with Crippen molar-refractivity contribution < 1.29 is 0 Å². The molecule has 1 fully saturated rings. The zero-order valence-corrected chi connectivity index (χ0v) is 12.5. The summed E-state index contributed by atoms with van der Waals surface area (Å²) < 4.78 is 0. The van der Waals surface area contributed by atoms with E-state index in [1.54, 1.807) is 0 Å². The highest BCUT2D eigenvalue weighted by Gasteiger charge is 2.35. The van der Waals surface area contributed by atoms with E-state index in [-0.39, 0.29) is 5.54 Å². The molecule has 2 rings (SSSR count). The van der Waals surface area contributed by atoms with Gasteiger partial charge < -0.3 is 4.90 Å². The molecule has 1 aliphatic heterocycles. The van der Waals surface area contributed by atoms with Crippen molar-refractivity contribution >= 4 is 5.69 Å². The normalized spacial score (nSPS) is 22.1. The minimum atomic E-state index is 0.139. The summed E-state index contributed by atoms with van der Waals surface area (Å²) in [4.78, 5) is 2.52. The lowest BCUT2D eigenvalue weighted by Crippen LogP contribution is -2.50. The Kier molecular flexibility index (Phi) is 3.85. The van der Waals surface area contributed by atoms with E-state index in [0.29, 0.717) is 12.3 Å². The van der Waals surface area contributed by atoms with Crippen molar-refractivity contribution in [3.63, 3.8) is 0 Å². The van der Waals surface area contributed by atoms with Crippen LogP contribution >= 0.6 is 0 Å². The fourth-order valence-corrected chi connectivity index (χ4v) is 3.39. The first-order valence-electron chi connectivity index (χ1n) is 7.16. The van der Waals surface area contributed by atoms with E-state index in [0.717, 1.165) is 19.4 Å². The van der Waals surface area contributed by atoms with E-state index in [1.165, 1.54) is 16.8 Å². The van der Waals surface area contributed by atoms with Crippen LogP contribution in [0.5, 0.6) is 0 Å². The van der Waals surface area contributed by atoms with Crippen molar-refractivity contribution in [2.75, 3.05) is 11.4 Å². The minimum Gasteiger partial charge on any atom is -0.366 e. The molecule has 19 heavy (non-hydrogen) atoms. The number of aryl methyl sites for hydroxylation is 2. The summed E-state index contributed by atoms with van der Waals surface area (Å²) in [7, 11) is 0. The first-order chi connectivity index (χ1) is 8.94. The van der Waals surface area contributed by atoms with Crippen LogP contribution in [0, 0.1) is 31.1 Å². The van der Waals surface area contributed by atoms with Crippen LogP contribution in [-0.4, -0.2) is 12.1 Å². The summed E-state index contributed by atoms with van der Waals surface area (Å²) in [5, 5.41) is 8.88. The molecule has 1 aromatic carbocycles. The first kappa shape index (κ1) is 13.9. The third-order valence-corrected chi connectivity index (χ3v) is 4.30. The van der Waals surface area contributed by atoms with Gasteiger partial charge in [0.15, 0.2) is 0 Å². The fourth-order valence-electron chi connectivity index (χ4n) is 3.39. The molecule has 0 N–H and O–H groups in total. The monoisotopic (exact) mass is 256 g/mol. The van der Waals surface area contributed by atoms with E-state index in [2.05, 4.69) is 56.9 Å². The standard InChI is InChI=1S/C17H24N2/c1-13-5-6-16(14(2)11-13)19-10-8-15(7-9-18)12-17(19,3)4/h5-6,11,15H,7-8,10,12H2,1-4H3. The van der Waals surface area contributed by atoms with Gasteiger partial charge in [-0.1, -0.05) is 17.7 Å². The lowest BCUT2D eigenvalue weighted by Gasteiger charge is -2.47. The third-order valence-electron chi connectivity index (χ3n) is 4.30. The van der Waals surface area contributed by atoms with Gasteiger partial charge in [0.1, 0.15) is 0 Å². The molecule has 102 valence electrons. The number of piperidine rings is 1. The van der Waals surface area contributed by atoms with Gasteiger partial charge in [0.25, 0.3) is 0 Å². The molecule has 1 unspecified atom stereocenters. The Hall–Kier alpha value is -1.49. The maximum absolute atomic E-state index is 8.88. The zero-order valence-electron chi connectivity index (χ0n) is 12.5. The van der Waals surface area contributed by atoms with Crippen molar-refractivity contribution in [1.82, 2.24) is 0 Å². The summed E-state index contributed by atoms with van der Waals surface area (Å²) in [6.45, 7) is 10.00. The van der Waals surface area contributed by atoms with Crippen LogP contribution in [0.25, 0.3) is 0 Å². The van der Waals surface area contributed by atoms with Gasteiger partial charge in [0.05, 0.1) is 6.07 Å². The van der Waals surface area contributed by atoms with Gasteiger partial charge in [-0.25, -0.2) is 0 Å². The Morgan fingerprint density at radius 2 is 2.11 bits per heavy atom. The fraction of sp³-hybridized carbons (Fsp3) is 0.588. The Bertz CT molecular complexity index is 496. The second-order valence-corrected chi connectivity index (χ2v) is 6.48. The Morgan fingerprint density at radius 1 is 1.37 bits per heavy atom. The number of nitrogens with zero attached hydrogens (tertiary/aromatic N) is 2. The molecule has 2 heteroatoms. The predicted octanol–water partition coefficient (Wildman–Crippen LogP) is 4.21. The van der Waals surface area contributed by atoms with Crippen molar-refractivity contribution in [3.8, 4) is 6.07 Å². The average Bonchev–Trinajstić information content (AvgIpc) is 2.30. The van der Waals surface area contributed by atoms with Crippen molar-refractivity contribution in [2.24, 2.45) is 5.92 Å². The van der Waals surface area contributed by atoms with Gasteiger partial charge >= 0.3 is 0 Å². The summed E-state index contributed by atoms with van der Waals surface area (Å²) >= 11 is 0. The highest BCUT2D eigenvalue weighted by atomic mass is 15.2. The average molecular weight is 256 g/mol. The molecule has 1 aliphatic rings. The molecular weight excluding hydrogens is 232 g/mol. The number of rotatable bonds is 2. The third kappa shape index (κ3) is 2.92. The number of hydrogen-bond donors (Lipinski definition) is 0. The molecule has 1 atom stereocenters. The van der Waals surface area contributed by atoms with E-state index < -0.39 is 0 Å². The minimum absolute atomic E-state index is 0.139. The molecule has 1 saturated heterocycles. The van der Waals surface area contributed by atoms with Gasteiger partial charge in [-0.15, -0.1) is 0 Å². The largest absolute Gasteiger partial charge is 0.366 e.